The normalized spacial score (nSPS) is 23.6. The van der Waals surface area contributed by atoms with E-state index in [1.165, 1.54) is 6.92 Å². The molecule has 0 N–H and O–H groups in total. The molecule has 1 aliphatic rings. The third-order valence-corrected chi connectivity index (χ3v) is 3.17. The minimum atomic E-state index is -4.39. The van der Waals surface area contributed by atoms with Gasteiger partial charge >= 0.3 is 6.18 Å². The summed E-state index contributed by atoms with van der Waals surface area (Å²) < 4.78 is 40.5. The first-order chi connectivity index (χ1) is 8.29. The topological polar surface area (TPSA) is 29.5 Å². The Morgan fingerprint density at radius 1 is 1.39 bits per heavy atom. The van der Waals surface area contributed by atoms with Crippen LogP contribution < -0.4 is 0 Å². The number of nitrogens with zero attached hydrogens (tertiary/aromatic N) is 1. The number of carbonyl (C=O) groups is 1. The molecule has 106 valence electrons. The van der Waals surface area contributed by atoms with Crippen LogP contribution in [0.2, 0.25) is 0 Å². The molecule has 0 aliphatic carbocycles. The van der Waals surface area contributed by atoms with Crippen molar-refractivity contribution in [2.75, 3.05) is 19.7 Å². The Balaban J connectivity index is 2.42. The molecular formula is C12H20F3NO2. The largest absolute Gasteiger partial charge is 0.411 e. The summed E-state index contributed by atoms with van der Waals surface area (Å²) in [4.78, 5) is 13.5. The van der Waals surface area contributed by atoms with Gasteiger partial charge in [-0.15, -0.1) is 0 Å². The second kappa shape index (κ2) is 6.41. The highest BCUT2D eigenvalue weighted by Gasteiger charge is 2.31. The number of likely N-dealkylation sites (tertiary alicyclic amines) is 1. The standard InChI is InChI=1S/C12H20F3NO2/c1-9-4-3-6-16(7-5-9)11(17)10(2)18-8-12(13,14)15/h9-10H,3-8H2,1-2H3/t9-,10+/m1/s1. The lowest BCUT2D eigenvalue weighted by molar-refractivity contribution is -0.188. The van der Waals surface area contributed by atoms with Crippen molar-refractivity contribution >= 4 is 5.91 Å². The van der Waals surface area contributed by atoms with E-state index in [0.717, 1.165) is 19.3 Å². The fraction of sp³-hybridized carbons (Fsp3) is 0.917. The second-order valence-electron chi connectivity index (χ2n) is 4.93. The van der Waals surface area contributed by atoms with Gasteiger partial charge in [-0.25, -0.2) is 0 Å². The van der Waals surface area contributed by atoms with Gasteiger partial charge in [0.2, 0.25) is 0 Å². The SMILES string of the molecule is C[C@@H]1CCCN(C(=O)[C@H](C)OCC(F)(F)F)CC1. The second-order valence-corrected chi connectivity index (χ2v) is 4.93. The first-order valence-corrected chi connectivity index (χ1v) is 6.26. The Hall–Kier alpha value is -0.780. The van der Waals surface area contributed by atoms with Crippen LogP contribution in [0.3, 0.4) is 0 Å². The molecule has 1 aliphatic heterocycles. The summed E-state index contributed by atoms with van der Waals surface area (Å²) >= 11 is 0. The van der Waals surface area contributed by atoms with Crippen molar-refractivity contribution < 1.29 is 22.7 Å². The van der Waals surface area contributed by atoms with Crippen LogP contribution >= 0.6 is 0 Å². The lowest BCUT2D eigenvalue weighted by Gasteiger charge is -2.24. The van der Waals surface area contributed by atoms with E-state index in [9.17, 15) is 18.0 Å². The fourth-order valence-corrected chi connectivity index (χ4v) is 2.03. The molecule has 6 heteroatoms. The van der Waals surface area contributed by atoms with Crippen molar-refractivity contribution in [3.8, 4) is 0 Å². The van der Waals surface area contributed by atoms with E-state index in [1.807, 2.05) is 0 Å². The van der Waals surface area contributed by atoms with Crippen LogP contribution in [-0.2, 0) is 9.53 Å². The Morgan fingerprint density at radius 3 is 2.67 bits per heavy atom. The lowest BCUT2D eigenvalue weighted by atomic mass is 10.0. The van der Waals surface area contributed by atoms with E-state index in [0.29, 0.717) is 19.0 Å². The molecule has 1 saturated heterocycles. The molecule has 0 spiro atoms. The van der Waals surface area contributed by atoms with Crippen LogP contribution in [0.5, 0.6) is 0 Å². The van der Waals surface area contributed by atoms with Crippen molar-refractivity contribution in [1.29, 1.82) is 0 Å². The summed E-state index contributed by atoms with van der Waals surface area (Å²) in [6.07, 6.45) is -2.56. The Labute approximate surface area is 105 Å². The molecule has 0 radical (unpaired) electrons. The van der Waals surface area contributed by atoms with Gasteiger partial charge in [0.25, 0.3) is 5.91 Å². The zero-order valence-corrected chi connectivity index (χ0v) is 10.8. The highest BCUT2D eigenvalue weighted by molar-refractivity contribution is 5.80. The van der Waals surface area contributed by atoms with Crippen LogP contribution in [0.15, 0.2) is 0 Å². The molecule has 0 bridgehead atoms. The molecular weight excluding hydrogens is 247 g/mol. The third-order valence-electron chi connectivity index (χ3n) is 3.17. The van der Waals surface area contributed by atoms with Crippen LogP contribution in [0.4, 0.5) is 13.2 Å². The molecule has 0 saturated carbocycles. The Bertz CT molecular complexity index is 281. The maximum absolute atomic E-state index is 12.0. The molecule has 1 amide bonds. The van der Waals surface area contributed by atoms with Gasteiger partial charge < -0.3 is 9.64 Å². The zero-order chi connectivity index (χ0) is 13.8. The van der Waals surface area contributed by atoms with Gasteiger partial charge in [0.1, 0.15) is 12.7 Å². The molecule has 1 rings (SSSR count). The van der Waals surface area contributed by atoms with Crippen molar-refractivity contribution in [1.82, 2.24) is 4.90 Å². The maximum Gasteiger partial charge on any atom is 0.411 e. The van der Waals surface area contributed by atoms with Crippen molar-refractivity contribution in [3.05, 3.63) is 0 Å². The summed E-state index contributed by atoms with van der Waals surface area (Å²) in [5.74, 6) is 0.225. The molecule has 1 fully saturated rings. The lowest BCUT2D eigenvalue weighted by Crippen LogP contribution is -2.40. The number of hydrogen-bond donors (Lipinski definition) is 0. The number of ether oxygens (including phenoxy) is 1. The average molecular weight is 267 g/mol. The van der Waals surface area contributed by atoms with Crippen LogP contribution in [0.25, 0.3) is 0 Å². The molecule has 0 unspecified atom stereocenters. The first-order valence-electron chi connectivity index (χ1n) is 6.26. The van der Waals surface area contributed by atoms with E-state index < -0.39 is 18.9 Å². The number of alkyl halides is 3. The minimum absolute atomic E-state index is 0.339. The van der Waals surface area contributed by atoms with Gasteiger partial charge in [0, 0.05) is 13.1 Å². The predicted octanol–water partition coefficient (Wildman–Crippen LogP) is 2.60. The molecule has 1 heterocycles. The van der Waals surface area contributed by atoms with E-state index in [4.69, 9.17) is 0 Å². The minimum Gasteiger partial charge on any atom is -0.359 e. The van der Waals surface area contributed by atoms with E-state index in [2.05, 4.69) is 11.7 Å². The fourth-order valence-electron chi connectivity index (χ4n) is 2.03. The number of halogens is 3. The third kappa shape index (κ3) is 5.25. The molecule has 0 aromatic carbocycles. The van der Waals surface area contributed by atoms with E-state index in [1.54, 1.807) is 4.90 Å². The smallest absolute Gasteiger partial charge is 0.359 e. The van der Waals surface area contributed by atoms with Crippen molar-refractivity contribution in [2.45, 2.75) is 45.4 Å². The molecule has 0 aromatic rings. The van der Waals surface area contributed by atoms with Crippen LogP contribution in [0, 0.1) is 5.92 Å². The van der Waals surface area contributed by atoms with Crippen molar-refractivity contribution in [3.63, 3.8) is 0 Å². The maximum atomic E-state index is 12.0. The first kappa shape index (κ1) is 15.3. The van der Waals surface area contributed by atoms with E-state index in [-0.39, 0.29) is 5.91 Å². The predicted molar refractivity (Wildman–Crippen MR) is 61.1 cm³/mol. The van der Waals surface area contributed by atoms with Gasteiger partial charge in [-0.2, -0.15) is 13.2 Å². The Morgan fingerprint density at radius 2 is 2.06 bits per heavy atom. The van der Waals surface area contributed by atoms with Crippen LogP contribution in [0.1, 0.15) is 33.1 Å². The summed E-state index contributed by atoms with van der Waals surface area (Å²) in [6.45, 7) is 3.35. The quantitative estimate of drug-likeness (QED) is 0.786. The molecule has 0 aromatic heterocycles. The Kier molecular flexibility index (Phi) is 5.44. The number of amides is 1. The van der Waals surface area contributed by atoms with Gasteiger partial charge in [0.15, 0.2) is 0 Å². The zero-order valence-electron chi connectivity index (χ0n) is 10.8. The summed E-state index contributed by atoms with van der Waals surface area (Å²) in [5, 5.41) is 0. The van der Waals surface area contributed by atoms with Gasteiger partial charge in [0.05, 0.1) is 0 Å². The van der Waals surface area contributed by atoms with Gasteiger partial charge in [-0.3, -0.25) is 4.79 Å². The summed E-state index contributed by atoms with van der Waals surface area (Å²) in [6, 6.07) is 0. The monoisotopic (exact) mass is 267 g/mol. The summed E-state index contributed by atoms with van der Waals surface area (Å²) in [5.41, 5.74) is 0. The molecule has 3 nitrogen and oxygen atoms in total. The molecule has 18 heavy (non-hydrogen) atoms. The highest BCUT2D eigenvalue weighted by Crippen LogP contribution is 2.19. The van der Waals surface area contributed by atoms with Crippen molar-refractivity contribution in [2.24, 2.45) is 5.92 Å². The van der Waals surface area contributed by atoms with E-state index >= 15 is 0 Å². The number of hydrogen-bond acceptors (Lipinski definition) is 2. The highest BCUT2D eigenvalue weighted by atomic mass is 19.4. The van der Waals surface area contributed by atoms with Gasteiger partial charge in [-0.05, 0) is 32.1 Å². The summed E-state index contributed by atoms with van der Waals surface area (Å²) in [7, 11) is 0. The number of carbonyl (C=O) groups excluding carboxylic acids is 1. The molecule has 2 atom stereocenters. The average Bonchev–Trinajstić information content (AvgIpc) is 2.49. The number of rotatable bonds is 3. The van der Waals surface area contributed by atoms with Crippen LogP contribution in [-0.4, -0.2) is 42.8 Å². The van der Waals surface area contributed by atoms with Gasteiger partial charge in [-0.1, -0.05) is 6.92 Å².